The van der Waals surface area contributed by atoms with Gasteiger partial charge < -0.3 is 15.0 Å². The van der Waals surface area contributed by atoms with Crippen LogP contribution in [0.5, 0.6) is 5.75 Å². The lowest BCUT2D eigenvalue weighted by Crippen LogP contribution is -2.50. The Morgan fingerprint density at radius 3 is 2.64 bits per heavy atom. The molecule has 1 aliphatic heterocycles. The van der Waals surface area contributed by atoms with Crippen molar-refractivity contribution in [3.8, 4) is 5.75 Å². The second-order valence-corrected chi connectivity index (χ2v) is 8.12. The molecule has 1 aromatic carbocycles. The summed E-state index contributed by atoms with van der Waals surface area (Å²) in [5.74, 6) is 0.759. The second-order valence-electron chi connectivity index (χ2n) is 8.12. The highest BCUT2D eigenvalue weighted by Gasteiger charge is 2.41. The highest BCUT2D eigenvalue weighted by molar-refractivity contribution is 5.85. The summed E-state index contributed by atoms with van der Waals surface area (Å²) in [7, 11) is 1.65. The van der Waals surface area contributed by atoms with E-state index in [1.54, 1.807) is 7.11 Å². The summed E-state index contributed by atoms with van der Waals surface area (Å²) in [4.78, 5) is 28.0. The van der Waals surface area contributed by atoms with Crippen LogP contribution in [0, 0.1) is 5.92 Å². The van der Waals surface area contributed by atoms with E-state index in [2.05, 4.69) is 12.2 Å². The molecule has 1 N–H and O–H groups in total. The lowest BCUT2D eigenvalue weighted by Gasteiger charge is -2.42. The summed E-state index contributed by atoms with van der Waals surface area (Å²) in [6, 6.07) is 7.84. The lowest BCUT2D eigenvalue weighted by molar-refractivity contribution is -0.143. The summed E-state index contributed by atoms with van der Waals surface area (Å²) in [6.07, 6.45) is 8.77. The Bertz CT molecular complexity index is 670. The molecule has 0 bridgehead atoms. The molecule has 5 heteroatoms. The van der Waals surface area contributed by atoms with Gasteiger partial charge in [0.05, 0.1) is 19.1 Å². The zero-order valence-electron chi connectivity index (χ0n) is 17.3. The van der Waals surface area contributed by atoms with Crippen LogP contribution in [0.25, 0.3) is 0 Å². The van der Waals surface area contributed by atoms with Gasteiger partial charge in [-0.25, -0.2) is 0 Å². The van der Waals surface area contributed by atoms with Crippen LogP contribution in [-0.4, -0.2) is 36.4 Å². The summed E-state index contributed by atoms with van der Waals surface area (Å²) in [5, 5.41) is 3.30. The van der Waals surface area contributed by atoms with Gasteiger partial charge in [-0.3, -0.25) is 9.59 Å². The van der Waals surface area contributed by atoms with Crippen molar-refractivity contribution in [2.45, 2.75) is 76.8 Å². The lowest BCUT2D eigenvalue weighted by atomic mass is 9.82. The molecule has 1 heterocycles. The quantitative estimate of drug-likeness (QED) is 0.763. The average Bonchev–Trinajstić information content (AvgIpc) is 2.73. The highest BCUT2D eigenvalue weighted by atomic mass is 16.5. The number of likely N-dealkylation sites (tertiary alicyclic amines) is 1. The number of carbonyl (C=O) groups excluding carboxylic acids is 2. The molecule has 1 aliphatic carbocycles. The first kappa shape index (κ1) is 20.7. The van der Waals surface area contributed by atoms with Crippen molar-refractivity contribution in [1.29, 1.82) is 0 Å². The van der Waals surface area contributed by atoms with E-state index >= 15 is 0 Å². The number of para-hydroxylation sites is 1. The van der Waals surface area contributed by atoms with E-state index in [4.69, 9.17) is 4.74 Å². The third-order valence-electron chi connectivity index (χ3n) is 6.20. The molecule has 28 heavy (non-hydrogen) atoms. The van der Waals surface area contributed by atoms with E-state index in [0.717, 1.165) is 37.0 Å². The molecule has 1 saturated heterocycles. The number of ether oxygens (including phenoxy) is 1. The molecule has 2 aliphatic rings. The first-order valence-corrected chi connectivity index (χ1v) is 10.9. The highest BCUT2D eigenvalue weighted by Crippen LogP contribution is 2.41. The Balaban J connectivity index is 1.89. The molecule has 2 unspecified atom stereocenters. The van der Waals surface area contributed by atoms with Gasteiger partial charge >= 0.3 is 0 Å². The molecule has 1 saturated carbocycles. The monoisotopic (exact) mass is 386 g/mol. The van der Waals surface area contributed by atoms with Crippen LogP contribution in [0.2, 0.25) is 0 Å². The van der Waals surface area contributed by atoms with Crippen molar-refractivity contribution >= 4 is 11.8 Å². The molecule has 2 fully saturated rings. The summed E-state index contributed by atoms with van der Waals surface area (Å²) in [5.41, 5.74) is 0.943. The minimum absolute atomic E-state index is 0.0943. The Morgan fingerprint density at radius 2 is 1.93 bits per heavy atom. The van der Waals surface area contributed by atoms with Crippen LogP contribution < -0.4 is 10.1 Å². The largest absolute Gasteiger partial charge is 0.496 e. The van der Waals surface area contributed by atoms with Gasteiger partial charge in [0.15, 0.2) is 0 Å². The molecule has 0 aromatic heterocycles. The van der Waals surface area contributed by atoms with Crippen LogP contribution in [0.3, 0.4) is 0 Å². The average molecular weight is 387 g/mol. The number of nitrogens with zero attached hydrogens (tertiary/aromatic N) is 1. The maximum absolute atomic E-state index is 13.3. The number of hydrogen-bond acceptors (Lipinski definition) is 3. The van der Waals surface area contributed by atoms with Gasteiger partial charge in [0.2, 0.25) is 11.8 Å². The van der Waals surface area contributed by atoms with Gasteiger partial charge in [-0.15, -0.1) is 0 Å². The number of amides is 2. The molecule has 5 nitrogen and oxygen atoms in total. The molecule has 2 amide bonds. The summed E-state index contributed by atoms with van der Waals surface area (Å²) < 4.78 is 5.59. The van der Waals surface area contributed by atoms with E-state index in [9.17, 15) is 9.59 Å². The smallest absolute Gasteiger partial charge is 0.225 e. The Morgan fingerprint density at radius 1 is 1.18 bits per heavy atom. The Labute approximate surface area is 168 Å². The third-order valence-corrected chi connectivity index (χ3v) is 6.20. The number of piperidine rings is 1. The maximum Gasteiger partial charge on any atom is 0.225 e. The van der Waals surface area contributed by atoms with Crippen molar-refractivity contribution in [1.82, 2.24) is 10.2 Å². The maximum atomic E-state index is 13.3. The summed E-state index contributed by atoms with van der Waals surface area (Å²) >= 11 is 0. The molecular weight excluding hydrogens is 352 g/mol. The third kappa shape index (κ3) is 4.68. The predicted octanol–water partition coefficient (Wildman–Crippen LogP) is 4.22. The topological polar surface area (TPSA) is 58.6 Å². The molecule has 1 aromatic rings. The molecule has 2 atom stereocenters. The number of unbranched alkanes of at least 4 members (excludes halogenated alkanes) is 1. The molecule has 0 radical (unpaired) electrons. The van der Waals surface area contributed by atoms with Crippen LogP contribution in [-0.2, 0) is 9.59 Å². The van der Waals surface area contributed by atoms with Gasteiger partial charge in [0.1, 0.15) is 5.75 Å². The fraction of sp³-hybridized carbons (Fsp3) is 0.652. The minimum Gasteiger partial charge on any atom is -0.496 e. The normalized spacial score (nSPS) is 23.5. The number of benzene rings is 1. The fourth-order valence-corrected chi connectivity index (χ4v) is 4.67. The number of carbonyl (C=O) groups is 2. The first-order chi connectivity index (χ1) is 13.7. The fourth-order valence-electron chi connectivity index (χ4n) is 4.67. The van der Waals surface area contributed by atoms with Crippen LogP contribution >= 0.6 is 0 Å². The number of methoxy groups -OCH3 is 1. The van der Waals surface area contributed by atoms with Crippen molar-refractivity contribution in [2.75, 3.05) is 13.7 Å². The first-order valence-electron chi connectivity index (χ1n) is 10.9. The van der Waals surface area contributed by atoms with E-state index < -0.39 is 0 Å². The standard InChI is InChI=1S/C23H34N2O3/c1-3-4-16-25-21(26)15-14-19(23(27)24-17-10-6-5-7-11-17)22(25)18-12-8-9-13-20(18)28-2/h8-9,12-13,17,19,22H,3-7,10-11,14-16H2,1-2H3,(H,24,27). The van der Waals surface area contributed by atoms with Gasteiger partial charge in [-0.05, 0) is 31.7 Å². The predicted molar refractivity (Wildman–Crippen MR) is 110 cm³/mol. The Kier molecular flexibility index (Phi) is 7.35. The second kappa shape index (κ2) is 9.94. The Hall–Kier alpha value is -2.04. The molecular formula is C23H34N2O3. The van der Waals surface area contributed by atoms with Gasteiger partial charge in [0, 0.05) is 24.6 Å². The summed E-state index contributed by atoms with van der Waals surface area (Å²) in [6.45, 7) is 2.81. The van der Waals surface area contributed by atoms with Crippen LogP contribution in [0.15, 0.2) is 24.3 Å². The zero-order valence-corrected chi connectivity index (χ0v) is 17.3. The van der Waals surface area contributed by atoms with E-state index in [1.807, 2.05) is 29.2 Å². The molecule has 154 valence electrons. The molecule has 3 rings (SSSR count). The SMILES string of the molecule is CCCCN1C(=O)CCC(C(=O)NC2CCCCC2)C1c1ccccc1OC. The number of hydrogen-bond donors (Lipinski definition) is 1. The van der Waals surface area contributed by atoms with E-state index in [1.165, 1.54) is 19.3 Å². The van der Waals surface area contributed by atoms with Crippen molar-refractivity contribution in [3.63, 3.8) is 0 Å². The van der Waals surface area contributed by atoms with Crippen molar-refractivity contribution in [2.24, 2.45) is 5.92 Å². The molecule has 0 spiro atoms. The van der Waals surface area contributed by atoms with Crippen LogP contribution in [0.4, 0.5) is 0 Å². The van der Waals surface area contributed by atoms with Crippen LogP contribution in [0.1, 0.15) is 76.3 Å². The van der Waals surface area contributed by atoms with Crippen molar-refractivity contribution in [3.05, 3.63) is 29.8 Å². The van der Waals surface area contributed by atoms with Gasteiger partial charge in [0.25, 0.3) is 0 Å². The van der Waals surface area contributed by atoms with Crippen molar-refractivity contribution < 1.29 is 14.3 Å². The van der Waals surface area contributed by atoms with Gasteiger partial charge in [-0.2, -0.15) is 0 Å². The minimum atomic E-state index is -0.257. The van der Waals surface area contributed by atoms with Gasteiger partial charge in [-0.1, -0.05) is 50.8 Å². The van der Waals surface area contributed by atoms with E-state index in [-0.39, 0.29) is 29.8 Å². The zero-order chi connectivity index (χ0) is 19.9. The van der Waals surface area contributed by atoms with E-state index in [0.29, 0.717) is 19.4 Å². The number of rotatable bonds is 7. The number of nitrogens with one attached hydrogen (secondary N) is 1.